The van der Waals surface area contributed by atoms with E-state index in [-0.39, 0.29) is 28.9 Å². The van der Waals surface area contributed by atoms with Crippen LogP contribution in [-0.4, -0.2) is 41.5 Å². The Hall–Kier alpha value is -2.53. The Balaban J connectivity index is 2.04. The molecule has 25 heavy (non-hydrogen) atoms. The molecule has 0 N–H and O–H groups in total. The highest BCUT2D eigenvalue weighted by Crippen LogP contribution is 2.36. The molecule has 0 spiro atoms. The molecule has 1 unspecified atom stereocenters. The van der Waals surface area contributed by atoms with Gasteiger partial charge >= 0.3 is 5.69 Å². The van der Waals surface area contributed by atoms with Gasteiger partial charge in [0.25, 0.3) is 10.1 Å². The van der Waals surface area contributed by atoms with Gasteiger partial charge in [0.15, 0.2) is 17.7 Å². The minimum Gasteiger partial charge on any atom is -0.490 e. The Kier molecular flexibility index (Phi) is 4.43. The van der Waals surface area contributed by atoms with E-state index in [0.717, 1.165) is 19.1 Å². The Bertz CT molecular complexity index is 906. The topological polar surface area (TPSA) is 126 Å². The van der Waals surface area contributed by atoms with Crippen LogP contribution in [0.2, 0.25) is 0 Å². The van der Waals surface area contributed by atoms with Crippen molar-refractivity contribution in [3.63, 3.8) is 0 Å². The van der Waals surface area contributed by atoms with E-state index in [1.165, 1.54) is 31.6 Å². The number of benzene rings is 1. The van der Waals surface area contributed by atoms with E-state index >= 15 is 0 Å². The van der Waals surface area contributed by atoms with Gasteiger partial charge in [-0.2, -0.15) is 13.5 Å². The molecule has 0 amide bonds. The maximum Gasteiger partial charge on any atom is 0.311 e. The second kappa shape index (κ2) is 6.41. The van der Waals surface area contributed by atoms with E-state index in [4.69, 9.17) is 8.92 Å². The average Bonchev–Trinajstić information content (AvgIpc) is 3.29. The van der Waals surface area contributed by atoms with E-state index in [1.807, 2.05) is 0 Å². The molecular weight excluding hydrogens is 352 g/mol. The van der Waals surface area contributed by atoms with Crippen LogP contribution in [0, 0.1) is 10.1 Å². The zero-order valence-corrected chi connectivity index (χ0v) is 14.3. The van der Waals surface area contributed by atoms with Gasteiger partial charge in [-0.3, -0.25) is 14.3 Å². The molecule has 1 saturated carbocycles. The van der Waals surface area contributed by atoms with E-state index in [2.05, 4.69) is 10.1 Å². The molecule has 0 aliphatic heterocycles. The minimum absolute atomic E-state index is 0.0586. The van der Waals surface area contributed by atoms with Crippen LogP contribution in [0.4, 0.5) is 5.69 Å². The highest BCUT2D eigenvalue weighted by molar-refractivity contribution is 7.86. The van der Waals surface area contributed by atoms with Crippen molar-refractivity contribution in [3.8, 4) is 5.75 Å². The summed E-state index contributed by atoms with van der Waals surface area (Å²) in [6, 6.07) is 4.32. The molecule has 2 aromatic rings. The fourth-order valence-corrected chi connectivity index (χ4v) is 2.91. The molecule has 1 aliphatic rings. The van der Waals surface area contributed by atoms with Gasteiger partial charge in [-0.05, 0) is 24.5 Å². The van der Waals surface area contributed by atoms with Crippen LogP contribution in [0.3, 0.4) is 0 Å². The standard InChI is InChI=1S/C14H16N4O6S/c1-23-12-6-3-9(7-11(12)18(19)20)13(24-25(2,21)22)14-15-8-17(16-14)10-4-5-10/h3,6-8,10,13H,4-5H2,1-2H3. The highest BCUT2D eigenvalue weighted by atomic mass is 32.2. The first-order valence-electron chi connectivity index (χ1n) is 7.40. The fraction of sp³-hybridized carbons (Fsp3) is 0.429. The largest absolute Gasteiger partial charge is 0.490 e. The maximum atomic E-state index is 11.6. The molecule has 1 aliphatic carbocycles. The van der Waals surface area contributed by atoms with Crippen LogP contribution in [0.15, 0.2) is 24.5 Å². The Morgan fingerprint density at radius 3 is 2.68 bits per heavy atom. The van der Waals surface area contributed by atoms with Crippen molar-refractivity contribution in [1.82, 2.24) is 14.8 Å². The van der Waals surface area contributed by atoms with Crippen molar-refractivity contribution >= 4 is 15.8 Å². The molecular formula is C14H16N4O6S. The normalized spacial score (nSPS) is 15.8. The molecule has 0 bridgehead atoms. The summed E-state index contributed by atoms with van der Waals surface area (Å²) in [5, 5.41) is 15.5. The van der Waals surface area contributed by atoms with Gasteiger partial charge in [-0.1, -0.05) is 6.07 Å². The molecule has 3 rings (SSSR count). The first-order valence-corrected chi connectivity index (χ1v) is 9.22. The van der Waals surface area contributed by atoms with Crippen LogP contribution >= 0.6 is 0 Å². The summed E-state index contributed by atoms with van der Waals surface area (Å²) in [7, 11) is -2.54. The van der Waals surface area contributed by atoms with Gasteiger partial charge < -0.3 is 4.74 Å². The molecule has 1 aromatic heterocycles. The van der Waals surface area contributed by atoms with E-state index in [9.17, 15) is 18.5 Å². The molecule has 1 aromatic carbocycles. The third-order valence-corrected chi connectivity index (χ3v) is 4.20. The lowest BCUT2D eigenvalue weighted by Crippen LogP contribution is -2.14. The highest BCUT2D eigenvalue weighted by Gasteiger charge is 2.30. The number of nitro benzene ring substituents is 1. The molecule has 0 saturated heterocycles. The van der Waals surface area contributed by atoms with Gasteiger partial charge in [0, 0.05) is 6.07 Å². The Morgan fingerprint density at radius 2 is 2.12 bits per heavy atom. The first kappa shape index (κ1) is 17.3. The molecule has 134 valence electrons. The zero-order chi connectivity index (χ0) is 18.2. The number of hydrogen-bond acceptors (Lipinski definition) is 8. The monoisotopic (exact) mass is 368 g/mol. The summed E-state index contributed by atoms with van der Waals surface area (Å²) in [5.41, 5.74) is -0.0600. The number of ether oxygens (including phenoxy) is 1. The number of aromatic nitrogens is 3. The van der Waals surface area contributed by atoms with Crippen molar-refractivity contribution in [2.75, 3.05) is 13.4 Å². The van der Waals surface area contributed by atoms with Gasteiger partial charge in [0.05, 0.1) is 24.3 Å². The van der Waals surface area contributed by atoms with Gasteiger partial charge in [-0.15, -0.1) is 0 Å². The molecule has 1 heterocycles. The van der Waals surface area contributed by atoms with Crippen molar-refractivity contribution in [2.24, 2.45) is 0 Å². The quantitative estimate of drug-likeness (QED) is 0.410. The van der Waals surface area contributed by atoms with E-state index < -0.39 is 21.1 Å². The fourth-order valence-electron chi connectivity index (χ4n) is 2.36. The second-order valence-electron chi connectivity index (χ2n) is 5.68. The smallest absolute Gasteiger partial charge is 0.311 e. The maximum absolute atomic E-state index is 11.6. The van der Waals surface area contributed by atoms with E-state index in [0.29, 0.717) is 0 Å². The van der Waals surface area contributed by atoms with E-state index in [1.54, 1.807) is 4.68 Å². The van der Waals surface area contributed by atoms with Gasteiger partial charge in [-0.25, -0.2) is 9.67 Å². The summed E-state index contributed by atoms with van der Waals surface area (Å²) in [5.74, 6) is 0.181. The number of hydrogen-bond donors (Lipinski definition) is 0. The summed E-state index contributed by atoms with van der Waals surface area (Å²) in [6.45, 7) is 0. The Morgan fingerprint density at radius 1 is 1.40 bits per heavy atom. The van der Waals surface area contributed by atoms with Crippen LogP contribution in [-0.2, 0) is 14.3 Å². The summed E-state index contributed by atoms with van der Waals surface area (Å²) in [6.07, 6.45) is 3.18. The number of nitro groups is 1. The third kappa shape index (κ3) is 3.94. The van der Waals surface area contributed by atoms with Gasteiger partial charge in [0.2, 0.25) is 0 Å². The lowest BCUT2D eigenvalue weighted by atomic mass is 10.1. The van der Waals surface area contributed by atoms with Crippen molar-refractivity contribution < 1.29 is 22.3 Å². The Labute approximate surface area is 143 Å². The molecule has 1 fully saturated rings. The lowest BCUT2D eigenvalue weighted by molar-refractivity contribution is -0.385. The summed E-state index contributed by atoms with van der Waals surface area (Å²) < 4.78 is 35.0. The number of methoxy groups -OCH3 is 1. The van der Waals surface area contributed by atoms with Gasteiger partial charge in [0.1, 0.15) is 6.33 Å². The first-order chi connectivity index (χ1) is 11.8. The molecule has 11 heteroatoms. The predicted octanol–water partition coefficient (Wildman–Crippen LogP) is 1.60. The van der Waals surface area contributed by atoms with Crippen molar-refractivity contribution in [2.45, 2.75) is 25.0 Å². The number of nitrogens with zero attached hydrogens (tertiary/aromatic N) is 4. The molecule has 10 nitrogen and oxygen atoms in total. The summed E-state index contributed by atoms with van der Waals surface area (Å²) in [4.78, 5) is 14.7. The van der Waals surface area contributed by atoms with Crippen LogP contribution in [0.25, 0.3) is 0 Å². The average molecular weight is 368 g/mol. The van der Waals surface area contributed by atoms with Crippen molar-refractivity contribution in [1.29, 1.82) is 0 Å². The summed E-state index contributed by atoms with van der Waals surface area (Å²) >= 11 is 0. The zero-order valence-electron chi connectivity index (χ0n) is 13.5. The molecule has 0 radical (unpaired) electrons. The third-order valence-electron chi connectivity index (χ3n) is 3.66. The SMILES string of the molecule is COc1ccc(C(OS(C)(=O)=O)c2ncn(C3CC3)n2)cc1[N+](=O)[O-]. The van der Waals surface area contributed by atoms with Crippen LogP contribution in [0.1, 0.15) is 36.4 Å². The minimum atomic E-state index is -3.85. The second-order valence-corrected chi connectivity index (χ2v) is 7.28. The van der Waals surface area contributed by atoms with Crippen LogP contribution < -0.4 is 4.74 Å². The predicted molar refractivity (Wildman–Crippen MR) is 85.7 cm³/mol. The van der Waals surface area contributed by atoms with Crippen LogP contribution in [0.5, 0.6) is 5.75 Å². The number of rotatable bonds is 7. The molecule has 1 atom stereocenters. The van der Waals surface area contributed by atoms with Crippen molar-refractivity contribution in [3.05, 3.63) is 46.0 Å². The lowest BCUT2D eigenvalue weighted by Gasteiger charge is -2.14.